The van der Waals surface area contributed by atoms with Gasteiger partial charge in [-0.05, 0) is 43.7 Å². The molecule has 1 aromatic carbocycles. The molecule has 33 heavy (non-hydrogen) atoms. The summed E-state index contributed by atoms with van der Waals surface area (Å²) in [5.74, 6) is 0. The Bertz CT molecular complexity index is 1030. The molecule has 1 saturated heterocycles. The Balaban J connectivity index is 2.00. The first-order chi connectivity index (χ1) is 14.9. The van der Waals surface area contributed by atoms with Crippen LogP contribution in [0.5, 0.6) is 0 Å². The normalized spacial score (nSPS) is 19.9. The van der Waals surface area contributed by atoms with E-state index in [2.05, 4.69) is 0 Å². The van der Waals surface area contributed by atoms with E-state index in [1.807, 2.05) is 0 Å². The average Bonchev–Trinajstić information content (AvgIpc) is 3.11. The second kappa shape index (κ2) is 7.87. The maximum absolute atomic E-state index is 13.4. The minimum absolute atomic E-state index is 0.0644. The molecular formula is C20H17F9N2O2. The number of benzene rings is 1. The maximum atomic E-state index is 13.4. The van der Waals surface area contributed by atoms with Gasteiger partial charge >= 0.3 is 24.6 Å². The van der Waals surface area contributed by atoms with Crippen molar-refractivity contribution < 1.29 is 49.0 Å². The summed E-state index contributed by atoms with van der Waals surface area (Å²) in [5, 5.41) is 0. The molecule has 2 heterocycles. The quantitative estimate of drug-likeness (QED) is 0.464. The van der Waals surface area contributed by atoms with Crippen LogP contribution in [0.3, 0.4) is 0 Å². The van der Waals surface area contributed by atoms with Gasteiger partial charge in [0.1, 0.15) is 6.10 Å². The van der Waals surface area contributed by atoms with E-state index in [4.69, 9.17) is 4.74 Å². The standard InChI is InChI=1S/C20H17F9N2O2/c1-9-4-14(20(27,28)29)15(30(9)3)8-31-10(2)16(33-17(31)32)11-5-12(18(21,22)23)7-13(6-11)19(24,25)26/h4-7,10,16H,8H2,1-3H3/t10-,16-/m0/s1. The lowest BCUT2D eigenvalue weighted by Gasteiger charge is -2.23. The second-order valence-corrected chi connectivity index (χ2v) is 7.71. The highest BCUT2D eigenvalue weighted by Gasteiger charge is 2.45. The van der Waals surface area contributed by atoms with Gasteiger partial charge in [0, 0.05) is 18.4 Å². The van der Waals surface area contributed by atoms with Crippen LogP contribution in [0, 0.1) is 6.92 Å². The van der Waals surface area contributed by atoms with Crippen LogP contribution in [0.25, 0.3) is 0 Å². The molecule has 1 aromatic heterocycles. The van der Waals surface area contributed by atoms with E-state index in [1.54, 1.807) is 0 Å². The fraction of sp³-hybridized carbons (Fsp3) is 0.450. The van der Waals surface area contributed by atoms with Gasteiger partial charge in [-0.3, -0.25) is 4.90 Å². The number of amides is 1. The molecule has 4 nitrogen and oxygen atoms in total. The van der Waals surface area contributed by atoms with Gasteiger partial charge in [0.05, 0.1) is 29.3 Å². The fourth-order valence-corrected chi connectivity index (χ4v) is 3.68. The fourth-order valence-electron chi connectivity index (χ4n) is 3.68. The summed E-state index contributed by atoms with van der Waals surface area (Å²) >= 11 is 0. The van der Waals surface area contributed by atoms with Crippen molar-refractivity contribution in [1.29, 1.82) is 0 Å². The predicted octanol–water partition coefficient (Wildman–Crippen LogP) is 6.47. The summed E-state index contributed by atoms with van der Waals surface area (Å²) < 4.78 is 125. The van der Waals surface area contributed by atoms with E-state index in [-0.39, 0.29) is 17.5 Å². The molecule has 0 unspecified atom stereocenters. The maximum Gasteiger partial charge on any atom is 0.418 e. The van der Waals surface area contributed by atoms with Gasteiger partial charge in [0.2, 0.25) is 0 Å². The third-order valence-corrected chi connectivity index (χ3v) is 5.55. The van der Waals surface area contributed by atoms with Crippen molar-refractivity contribution >= 4 is 6.09 Å². The van der Waals surface area contributed by atoms with E-state index >= 15 is 0 Å². The predicted molar refractivity (Wildman–Crippen MR) is 95.8 cm³/mol. The Labute approximate surface area is 181 Å². The summed E-state index contributed by atoms with van der Waals surface area (Å²) in [6.07, 6.45) is -17.7. The van der Waals surface area contributed by atoms with Crippen LogP contribution in [0.4, 0.5) is 44.3 Å². The zero-order valence-corrected chi connectivity index (χ0v) is 17.3. The van der Waals surface area contributed by atoms with E-state index < -0.39 is 65.6 Å². The van der Waals surface area contributed by atoms with Crippen LogP contribution in [0.15, 0.2) is 24.3 Å². The number of rotatable bonds is 3. The van der Waals surface area contributed by atoms with Crippen LogP contribution in [0.2, 0.25) is 0 Å². The van der Waals surface area contributed by atoms with Crippen molar-refractivity contribution in [1.82, 2.24) is 9.47 Å². The van der Waals surface area contributed by atoms with E-state index in [9.17, 15) is 44.3 Å². The first kappa shape index (κ1) is 24.8. The van der Waals surface area contributed by atoms with Gasteiger partial charge in [-0.25, -0.2) is 4.79 Å². The van der Waals surface area contributed by atoms with E-state index in [1.165, 1.54) is 25.5 Å². The van der Waals surface area contributed by atoms with Crippen molar-refractivity contribution in [2.24, 2.45) is 7.05 Å². The third kappa shape index (κ3) is 4.76. The van der Waals surface area contributed by atoms with Crippen LogP contribution in [0.1, 0.15) is 46.7 Å². The van der Waals surface area contributed by atoms with Crippen molar-refractivity contribution in [2.75, 3.05) is 0 Å². The highest BCUT2D eigenvalue weighted by atomic mass is 19.4. The molecule has 1 aliphatic rings. The molecule has 0 saturated carbocycles. The van der Waals surface area contributed by atoms with Gasteiger partial charge in [-0.15, -0.1) is 0 Å². The molecule has 13 heteroatoms. The van der Waals surface area contributed by atoms with Gasteiger partial charge in [0.15, 0.2) is 0 Å². The van der Waals surface area contributed by atoms with Crippen LogP contribution < -0.4 is 0 Å². The molecule has 0 spiro atoms. The summed E-state index contributed by atoms with van der Waals surface area (Å²) in [4.78, 5) is 13.2. The van der Waals surface area contributed by atoms with Crippen LogP contribution >= 0.6 is 0 Å². The van der Waals surface area contributed by atoms with Gasteiger partial charge in [-0.1, -0.05) is 0 Å². The number of halogens is 9. The molecule has 0 N–H and O–H groups in total. The number of cyclic esters (lactones) is 1. The average molecular weight is 488 g/mol. The molecule has 1 fully saturated rings. The number of ether oxygens (including phenoxy) is 1. The summed E-state index contributed by atoms with van der Waals surface area (Å²) in [6.45, 7) is 2.07. The van der Waals surface area contributed by atoms with Crippen molar-refractivity contribution in [2.45, 2.75) is 51.1 Å². The number of hydrogen-bond donors (Lipinski definition) is 0. The van der Waals surface area contributed by atoms with Gasteiger partial charge in [0.25, 0.3) is 0 Å². The molecule has 182 valence electrons. The summed E-state index contributed by atoms with van der Waals surface area (Å²) in [5.41, 5.74) is -4.83. The zero-order chi connectivity index (χ0) is 25.1. The monoisotopic (exact) mass is 488 g/mol. The number of alkyl halides is 9. The molecule has 2 aromatic rings. The first-order valence-corrected chi connectivity index (χ1v) is 9.40. The van der Waals surface area contributed by atoms with Crippen molar-refractivity contribution in [3.63, 3.8) is 0 Å². The van der Waals surface area contributed by atoms with E-state index in [0.29, 0.717) is 12.1 Å². The second-order valence-electron chi connectivity index (χ2n) is 7.71. The minimum atomic E-state index is -5.11. The molecule has 0 radical (unpaired) electrons. The molecular weight excluding hydrogens is 471 g/mol. The Morgan fingerprint density at radius 2 is 1.39 bits per heavy atom. The Morgan fingerprint density at radius 1 is 0.879 bits per heavy atom. The smallest absolute Gasteiger partial charge is 0.418 e. The van der Waals surface area contributed by atoms with Gasteiger partial charge < -0.3 is 9.30 Å². The van der Waals surface area contributed by atoms with Gasteiger partial charge in [-0.2, -0.15) is 39.5 Å². The Morgan fingerprint density at radius 3 is 1.85 bits per heavy atom. The number of carbonyl (C=O) groups excluding carboxylic acids is 1. The third-order valence-electron chi connectivity index (χ3n) is 5.55. The number of aromatic nitrogens is 1. The van der Waals surface area contributed by atoms with Crippen molar-refractivity contribution in [3.8, 4) is 0 Å². The summed E-state index contributed by atoms with van der Waals surface area (Å²) in [7, 11) is 1.34. The molecule has 1 amide bonds. The molecule has 2 atom stereocenters. The number of aryl methyl sites for hydroxylation is 1. The zero-order valence-electron chi connectivity index (χ0n) is 17.3. The molecule has 0 bridgehead atoms. The molecule has 3 rings (SSSR count). The highest BCUT2D eigenvalue weighted by Crippen LogP contribution is 2.42. The molecule has 0 aliphatic carbocycles. The lowest BCUT2D eigenvalue weighted by Crippen LogP contribution is -2.33. The molecule has 1 aliphatic heterocycles. The van der Waals surface area contributed by atoms with Crippen LogP contribution in [-0.4, -0.2) is 21.6 Å². The summed E-state index contributed by atoms with van der Waals surface area (Å²) in [6, 6.07) is 0.521. The minimum Gasteiger partial charge on any atom is -0.439 e. The number of carbonyl (C=O) groups is 1. The lowest BCUT2D eigenvalue weighted by atomic mass is 9.97. The lowest BCUT2D eigenvalue weighted by molar-refractivity contribution is -0.143. The van der Waals surface area contributed by atoms with Crippen molar-refractivity contribution in [3.05, 3.63) is 57.9 Å². The SMILES string of the molecule is Cc1cc(C(F)(F)F)c(CN2C(=O)O[C@H](c3cc(C(F)(F)F)cc(C(F)(F)F)c3)[C@@H]2C)n1C. The van der Waals surface area contributed by atoms with Crippen LogP contribution in [-0.2, 0) is 36.9 Å². The van der Waals surface area contributed by atoms with E-state index in [0.717, 1.165) is 11.0 Å². The Hall–Kier alpha value is -2.86. The highest BCUT2D eigenvalue weighted by molar-refractivity contribution is 5.71. The number of hydrogen-bond acceptors (Lipinski definition) is 2. The topological polar surface area (TPSA) is 34.5 Å². The Kier molecular flexibility index (Phi) is 5.91. The first-order valence-electron chi connectivity index (χ1n) is 9.40. The number of nitrogens with zero attached hydrogens (tertiary/aromatic N) is 2. The largest absolute Gasteiger partial charge is 0.439 e.